The van der Waals surface area contributed by atoms with E-state index in [1.807, 2.05) is 26.8 Å². The Balaban J connectivity index is 1.55. The Labute approximate surface area is 183 Å². The van der Waals surface area contributed by atoms with Crippen molar-refractivity contribution in [1.82, 2.24) is 10.2 Å². The molecule has 1 aliphatic heterocycles. The third-order valence-electron chi connectivity index (χ3n) is 5.83. The van der Waals surface area contributed by atoms with Gasteiger partial charge in [-0.3, -0.25) is 9.69 Å². The number of ether oxygens (including phenoxy) is 1. The fraction of sp³-hybridized carbons (Fsp3) is 0.583. The van der Waals surface area contributed by atoms with E-state index in [1.165, 1.54) is 12.1 Å². The number of nitrogens with one attached hydrogen (secondary N) is 1. The zero-order valence-electron chi connectivity index (χ0n) is 18.8. The maximum atomic E-state index is 12.4. The van der Waals surface area contributed by atoms with Crippen LogP contribution < -0.4 is 10.9 Å². The highest BCUT2D eigenvalue weighted by Crippen LogP contribution is 2.28. The number of piperidine rings is 1. The summed E-state index contributed by atoms with van der Waals surface area (Å²) in [4.78, 5) is 26.7. The molecule has 2 aromatic rings. The zero-order chi connectivity index (χ0) is 22.4. The lowest BCUT2D eigenvalue weighted by Crippen LogP contribution is -2.40. The summed E-state index contributed by atoms with van der Waals surface area (Å²) in [6.07, 6.45) is 3.34. The Morgan fingerprint density at radius 1 is 1.26 bits per heavy atom. The molecule has 2 N–H and O–H groups in total. The van der Waals surface area contributed by atoms with Crippen molar-refractivity contribution in [2.45, 2.75) is 59.1 Å². The number of benzene rings is 1. The van der Waals surface area contributed by atoms with E-state index in [0.717, 1.165) is 48.9 Å². The van der Waals surface area contributed by atoms with Crippen LogP contribution in [0.25, 0.3) is 11.0 Å². The summed E-state index contributed by atoms with van der Waals surface area (Å²) in [7, 11) is 0. The van der Waals surface area contributed by atoms with Crippen molar-refractivity contribution in [2.24, 2.45) is 5.92 Å². The van der Waals surface area contributed by atoms with Crippen LogP contribution in [0.3, 0.4) is 0 Å². The van der Waals surface area contributed by atoms with Crippen molar-refractivity contribution in [3.63, 3.8) is 0 Å². The van der Waals surface area contributed by atoms with Gasteiger partial charge in [-0.05, 0) is 69.8 Å². The lowest BCUT2D eigenvalue weighted by Gasteiger charge is -2.31. The van der Waals surface area contributed by atoms with Gasteiger partial charge in [-0.15, -0.1) is 0 Å². The quantitative estimate of drug-likeness (QED) is 0.469. The second-order valence-corrected chi connectivity index (χ2v) is 8.54. The summed E-state index contributed by atoms with van der Waals surface area (Å²) in [5.74, 6) is 0.305. The number of fused-ring (bicyclic) bond motifs is 1. The Kier molecular flexibility index (Phi) is 8.09. The molecule has 7 heteroatoms. The molecule has 0 bridgehead atoms. The fourth-order valence-electron chi connectivity index (χ4n) is 4.06. The average molecular weight is 431 g/mol. The van der Waals surface area contributed by atoms with Crippen LogP contribution in [0, 0.1) is 5.92 Å². The van der Waals surface area contributed by atoms with Crippen LogP contribution in [0.5, 0.6) is 5.75 Å². The molecule has 1 fully saturated rings. The molecule has 1 aromatic heterocycles. The Morgan fingerprint density at radius 2 is 2.00 bits per heavy atom. The summed E-state index contributed by atoms with van der Waals surface area (Å²) in [5, 5.41) is 14.0. The normalized spacial score (nSPS) is 15.6. The van der Waals surface area contributed by atoms with Gasteiger partial charge < -0.3 is 19.6 Å². The SMILES string of the molecule is CCc1cc2c(CN3CCC(C(=O)NCCCOC(C)C)CC3)cc(=O)oc2cc1O. The van der Waals surface area contributed by atoms with Gasteiger partial charge in [0, 0.05) is 43.1 Å². The van der Waals surface area contributed by atoms with Crippen molar-refractivity contribution in [1.29, 1.82) is 0 Å². The van der Waals surface area contributed by atoms with Crippen LogP contribution >= 0.6 is 0 Å². The van der Waals surface area contributed by atoms with Crippen LogP contribution in [-0.2, 0) is 22.5 Å². The highest BCUT2D eigenvalue weighted by atomic mass is 16.5. The predicted molar refractivity (Wildman–Crippen MR) is 120 cm³/mol. The van der Waals surface area contributed by atoms with Gasteiger partial charge in [-0.1, -0.05) is 6.92 Å². The smallest absolute Gasteiger partial charge is 0.336 e. The molecule has 170 valence electrons. The van der Waals surface area contributed by atoms with E-state index in [2.05, 4.69) is 10.2 Å². The Morgan fingerprint density at radius 3 is 2.68 bits per heavy atom. The number of hydrogen-bond acceptors (Lipinski definition) is 6. The van der Waals surface area contributed by atoms with Crippen LogP contribution in [-0.4, -0.2) is 48.3 Å². The number of likely N-dealkylation sites (tertiary alicyclic amines) is 1. The minimum Gasteiger partial charge on any atom is -0.508 e. The van der Waals surface area contributed by atoms with Gasteiger partial charge in [0.15, 0.2) is 0 Å². The van der Waals surface area contributed by atoms with Gasteiger partial charge >= 0.3 is 5.63 Å². The van der Waals surface area contributed by atoms with Gasteiger partial charge in [-0.25, -0.2) is 4.79 Å². The summed E-state index contributed by atoms with van der Waals surface area (Å²) >= 11 is 0. The number of amides is 1. The van der Waals surface area contributed by atoms with Crippen molar-refractivity contribution in [2.75, 3.05) is 26.2 Å². The van der Waals surface area contributed by atoms with Crippen LogP contribution in [0.2, 0.25) is 0 Å². The summed E-state index contributed by atoms with van der Waals surface area (Å²) in [6.45, 7) is 9.51. The van der Waals surface area contributed by atoms with E-state index in [4.69, 9.17) is 9.15 Å². The van der Waals surface area contributed by atoms with Gasteiger partial charge in [-0.2, -0.15) is 0 Å². The minimum atomic E-state index is -0.415. The van der Waals surface area contributed by atoms with E-state index < -0.39 is 5.63 Å². The number of hydrogen-bond donors (Lipinski definition) is 2. The minimum absolute atomic E-state index is 0.0310. The molecule has 0 unspecified atom stereocenters. The first-order valence-electron chi connectivity index (χ1n) is 11.3. The number of carbonyl (C=O) groups is 1. The summed E-state index contributed by atoms with van der Waals surface area (Å²) in [6, 6.07) is 4.98. The molecule has 1 aliphatic rings. The van der Waals surface area contributed by atoms with Crippen LogP contribution in [0.4, 0.5) is 0 Å². The van der Waals surface area contributed by atoms with Gasteiger partial charge in [0.2, 0.25) is 5.91 Å². The van der Waals surface area contributed by atoms with Crippen LogP contribution in [0.1, 0.15) is 51.2 Å². The fourth-order valence-corrected chi connectivity index (χ4v) is 4.06. The third-order valence-corrected chi connectivity index (χ3v) is 5.83. The van der Waals surface area contributed by atoms with E-state index in [0.29, 0.717) is 31.7 Å². The molecule has 31 heavy (non-hydrogen) atoms. The van der Waals surface area contributed by atoms with E-state index in [-0.39, 0.29) is 23.7 Å². The second-order valence-electron chi connectivity index (χ2n) is 8.54. The molecule has 3 rings (SSSR count). The number of aryl methyl sites for hydroxylation is 1. The zero-order valence-corrected chi connectivity index (χ0v) is 18.8. The van der Waals surface area contributed by atoms with E-state index >= 15 is 0 Å². The topological polar surface area (TPSA) is 92.0 Å². The molecule has 1 aromatic carbocycles. The maximum Gasteiger partial charge on any atom is 0.336 e. The molecular weight excluding hydrogens is 396 g/mol. The maximum absolute atomic E-state index is 12.4. The van der Waals surface area contributed by atoms with Gasteiger partial charge in [0.1, 0.15) is 11.3 Å². The number of phenols is 1. The lowest BCUT2D eigenvalue weighted by atomic mass is 9.95. The largest absolute Gasteiger partial charge is 0.508 e. The highest BCUT2D eigenvalue weighted by Gasteiger charge is 2.25. The number of carbonyl (C=O) groups excluding carboxylic acids is 1. The molecule has 0 saturated carbocycles. The standard InChI is InChI=1S/C24H34N2O5/c1-4-17-12-20-19(13-23(28)31-22(20)14-21(17)27)15-26-9-6-18(7-10-26)24(29)25-8-5-11-30-16(2)3/h12-14,16,18,27H,4-11,15H2,1-3H3,(H,25,29). The number of rotatable bonds is 9. The molecule has 1 saturated heterocycles. The predicted octanol–water partition coefficient (Wildman–Crippen LogP) is 3.20. The first-order chi connectivity index (χ1) is 14.9. The Bertz CT molecular complexity index is 945. The molecule has 1 amide bonds. The Hall–Kier alpha value is -2.38. The van der Waals surface area contributed by atoms with Gasteiger partial charge in [0.05, 0.1) is 6.10 Å². The second kappa shape index (κ2) is 10.8. The number of nitrogens with zero attached hydrogens (tertiary/aromatic N) is 1. The van der Waals surface area contributed by atoms with Crippen molar-refractivity contribution in [3.8, 4) is 5.75 Å². The first kappa shape index (κ1) is 23.3. The highest BCUT2D eigenvalue weighted by molar-refractivity contribution is 5.83. The molecular formula is C24H34N2O5. The molecule has 0 atom stereocenters. The first-order valence-corrected chi connectivity index (χ1v) is 11.3. The monoisotopic (exact) mass is 430 g/mol. The molecule has 2 heterocycles. The molecule has 0 radical (unpaired) electrons. The van der Waals surface area contributed by atoms with Crippen molar-refractivity contribution < 1.29 is 19.1 Å². The van der Waals surface area contributed by atoms with Crippen molar-refractivity contribution in [3.05, 3.63) is 39.7 Å². The van der Waals surface area contributed by atoms with E-state index in [9.17, 15) is 14.7 Å². The molecule has 0 spiro atoms. The third kappa shape index (κ3) is 6.31. The number of phenolic OH excluding ortho intramolecular Hbond substituents is 1. The average Bonchev–Trinajstić information content (AvgIpc) is 2.73. The van der Waals surface area contributed by atoms with E-state index in [1.54, 1.807) is 0 Å². The lowest BCUT2D eigenvalue weighted by molar-refractivity contribution is -0.126. The molecule has 7 nitrogen and oxygen atoms in total. The number of aromatic hydroxyl groups is 1. The van der Waals surface area contributed by atoms with Crippen molar-refractivity contribution >= 4 is 16.9 Å². The molecule has 0 aliphatic carbocycles. The van der Waals surface area contributed by atoms with Gasteiger partial charge in [0.25, 0.3) is 0 Å². The summed E-state index contributed by atoms with van der Waals surface area (Å²) < 4.78 is 10.8. The van der Waals surface area contributed by atoms with Crippen LogP contribution in [0.15, 0.2) is 27.4 Å². The summed E-state index contributed by atoms with van der Waals surface area (Å²) in [5.41, 5.74) is 1.72.